The van der Waals surface area contributed by atoms with Crippen molar-refractivity contribution in [3.63, 3.8) is 0 Å². The van der Waals surface area contributed by atoms with Crippen molar-refractivity contribution in [2.75, 3.05) is 7.11 Å². The fraction of sp³-hybridized carbons (Fsp3) is 0.562. The summed E-state index contributed by atoms with van der Waals surface area (Å²) in [5.74, 6) is 0.816. The summed E-state index contributed by atoms with van der Waals surface area (Å²) in [4.78, 5) is 12.0. The molecule has 0 bridgehead atoms. The first kappa shape index (κ1) is 17.3. The van der Waals surface area contributed by atoms with E-state index in [0.29, 0.717) is 11.5 Å². The van der Waals surface area contributed by atoms with Gasteiger partial charge in [0, 0.05) is 6.04 Å². The standard InChI is InChI=1S/C16H25NO4/c1-6-10(2)17-16(19)12(4)21-14-8-7-13(11(3)18)9-15(14)20-5/h7-12,18H,6H2,1-5H3,(H,17,19). The Labute approximate surface area is 126 Å². The normalized spacial score (nSPS) is 15.0. The van der Waals surface area contributed by atoms with Gasteiger partial charge < -0.3 is 19.9 Å². The van der Waals surface area contributed by atoms with Crippen LogP contribution in [0, 0.1) is 0 Å². The van der Waals surface area contributed by atoms with E-state index in [1.165, 1.54) is 7.11 Å². The molecule has 0 aliphatic rings. The minimum atomic E-state index is -0.620. The monoisotopic (exact) mass is 295 g/mol. The fourth-order valence-corrected chi connectivity index (χ4v) is 1.75. The molecular weight excluding hydrogens is 270 g/mol. The number of amides is 1. The molecular formula is C16H25NO4. The summed E-state index contributed by atoms with van der Waals surface area (Å²) in [6.07, 6.45) is -0.338. The van der Waals surface area contributed by atoms with Gasteiger partial charge in [-0.15, -0.1) is 0 Å². The van der Waals surface area contributed by atoms with E-state index in [0.717, 1.165) is 12.0 Å². The summed E-state index contributed by atoms with van der Waals surface area (Å²) < 4.78 is 10.9. The highest BCUT2D eigenvalue weighted by molar-refractivity contribution is 5.81. The summed E-state index contributed by atoms with van der Waals surface area (Å²) in [6.45, 7) is 7.33. The maximum atomic E-state index is 12.0. The minimum absolute atomic E-state index is 0.114. The highest BCUT2D eigenvalue weighted by Crippen LogP contribution is 2.31. The molecule has 0 fully saturated rings. The van der Waals surface area contributed by atoms with Crippen LogP contribution in [-0.2, 0) is 4.79 Å². The number of carbonyl (C=O) groups is 1. The van der Waals surface area contributed by atoms with Gasteiger partial charge >= 0.3 is 0 Å². The second-order valence-electron chi connectivity index (χ2n) is 5.16. The summed E-state index contributed by atoms with van der Waals surface area (Å²) in [7, 11) is 1.53. The van der Waals surface area contributed by atoms with E-state index in [1.54, 1.807) is 32.0 Å². The lowest BCUT2D eigenvalue weighted by Gasteiger charge is -2.19. The largest absolute Gasteiger partial charge is 0.493 e. The number of aliphatic hydroxyl groups excluding tert-OH is 1. The molecule has 21 heavy (non-hydrogen) atoms. The lowest BCUT2D eigenvalue weighted by molar-refractivity contribution is -0.127. The first-order valence-corrected chi connectivity index (χ1v) is 7.22. The summed E-state index contributed by atoms with van der Waals surface area (Å²) in [5, 5.41) is 12.4. The molecule has 0 spiro atoms. The van der Waals surface area contributed by atoms with Crippen LogP contribution in [0.15, 0.2) is 18.2 Å². The minimum Gasteiger partial charge on any atom is -0.493 e. The molecule has 3 unspecified atom stereocenters. The first-order valence-electron chi connectivity index (χ1n) is 7.22. The Balaban J connectivity index is 2.80. The Morgan fingerprint density at radius 1 is 1.29 bits per heavy atom. The van der Waals surface area contributed by atoms with E-state index in [2.05, 4.69) is 5.32 Å². The third-order valence-corrected chi connectivity index (χ3v) is 3.34. The number of ether oxygens (including phenoxy) is 2. The Bertz CT molecular complexity index is 473. The van der Waals surface area contributed by atoms with Gasteiger partial charge in [-0.25, -0.2) is 0 Å². The molecule has 0 saturated carbocycles. The van der Waals surface area contributed by atoms with Crippen molar-refractivity contribution in [2.24, 2.45) is 0 Å². The Morgan fingerprint density at radius 3 is 2.48 bits per heavy atom. The van der Waals surface area contributed by atoms with Crippen LogP contribution in [0.2, 0.25) is 0 Å². The molecule has 1 aromatic carbocycles. The van der Waals surface area contributed by atoms with Crippen molar-refractivity contribution >= 4 is 5.91 Å². The van der Waals surface area contributed by atoms with Gasteiger partial charge in [0.2, 0.25) is 0 Å². The molecule has 0 radical (unpaired) electrons. The van der Waals surface area contributed by atoms with Crippen LogP contribution in [0.4, 0.5) is 0 Å². The maximum Gasteiger partial charge on any atom is 0.260 e. The van der Waals surface area contributed by atoms with Crippen molar-refractivity contribution in [3.8, 4) is 11.5 Å². The predicted octanol–water partition coefficient (Wildman–Crippen LogP) is 2.43. The molecule has 1 aromatic rings. The van der Waals surface area contributed by atoms with Gasteiger partial charge in [0.05, 0.1) is 13.2 Å². The van der Waals surface area contributed by atoms with Crippen LogP contribution < -0.4 is 14.8 Å². The predicted molar refractivity (Wildman–Crippen MR) is 81.6 cm³/mol. The second kappa shape index (κ2) is 7.88. The molecule has 118 valence electrons. The van der Waals surface area contributed by atoms with Gasteiger partial charge in [-0.1, -0.05) is 13.0 Å². The maximum absolute atomic E-state index is 12.0. The number of nitrogens with one attached hydrogen (secondary N) is 1. The zero-order chi connectivity index (χ0) is 16.0. The zero-order valence-corrected chi connectivity index (χ0v) is 13.3. The molecule has 0 aliphatic carbocycles. The van der Waals surface area contributed by atoms with Crippen molar-refractivity contribution in [1.82, 2.24) is 5.32 Å². The van der Waals surface area contributed by atoms with Crippen LogP contribution in [0.25, 0.3) is 0 Å². The molecule has 2 N–H and O–H groups in total. The summed E-state index contributed by atoms with van der Waals surface area (Å²) >= 11 is 0. The van der Waals surface area contributed by atoms with Gasteiger partial charge in [-0.05, 0) is 44.9 Å². The molecule has 0 aliphatic heterocycles. The summed E-state index contributed by atoms with van der Waals surface area (Å²) in [5.41, 5.74) is 0.732. The SMILES string of the molecule is CCC(C)NC(=O)C(C)Oc1ccc(C(C)O)cc1OC. The van der Waals surface area contributed by atoms with Crippen molar-refractivity contribution in [3.05, 3.63) is 23.8 Å². The van der Waals surface area contributed by atoms with Crippen LogP contribution in [0.3, 0.4) is 0 Å². The lowest BCUT2D eigenvalue weighted by Crippen LogP contribution is -2.41. The third kappa shape index (κ3) is 4.93. The number of methoxy groups -OCH3 is 1. The van der Waals surface area contributed by atoms with E-state index in [9.17, 15) is 9.90 Å². The van der Waals surface area contributed by atoms with Crippen molar-refractivity contribution < 1.29 is 19.4 Å². The number of rotatable bonds is 7. The lowest BCUT2D eigenvalue weighted by atomic mass is 10.1. The topological polar surface area (TPSA) is 67.8 Å². The molecule has 1 amide bonds. The number of hydrogen-bond acceptors (Lipinski definition) is 4. The van der Waals surface area contributed by atoms with Crippen molar-refractivity contribution in [2.45, 2.75) is 52.4 Å². The molecule has 0 saturated heterocycles. The zero-order valence-electron chi connectivity index (χ0n) is 13.3. The quantitative estimate of drug-likeness (QED) is 0.810. The van der Waals surface area contributed by atoms with Crippen LogP contribution in [-0.4, -0.2) is 30.3 Å². The Hall–Kier alpha value is -1.75. The van der Waals surface area contributed by atoms with E-state index in [1.807, 2.05) is 13.8 Å². The molecule has 5 nitrogen and oxygen atoms in total. The molecule has 1 rings (SSSR count). The van der Waals surface area contributed by atoms with E-state index < -0.39 is 12.2 Å². The average Bonchev–Trinajstić information content (AvgIpc) is 2.46. The van der Waals surface area contributed by atoms with Crippen LogP contribution in [0.5, 0.6) is 11.5 Å². The smallest absolute Gasteiger partial charge is 0.260 e. The Kier molecular flexibility index (Phi) is 6.49. The van der Waals surface area contributed by atoms with Crippen LogP contribution >= 0.6 is 0 Å². The average molecular weight is 295 g/mol. The summed E-state index contributed by atoms with van der Waals surface area (Å²) in [6, 6.07) is 5.28. The molecule has 0 aromatic heterocycles. The molecule has 3 atom stereocenters. The van der Waals surface area contributed by atoms with Gasteiger partial charge in [0.25, 0.3) is 5.91 Å². The second-order valence-corrected chi connectivity index (χ2v) is 5.16. The van der Waals surface area contributed by atoms with Gasteiger partial charge in [-0.3, -0.25) is 4.79 Å². The highest BCUT2D eigenvalue weighted by Gasteiger charge is 2.18. The highest BCUT2D eigenvalue weighted by atomic mass is 16.5. The van der Waals surface area contributed by atoms with Crippen molar-refractivity contribution in [1.29, 1.82) is 0 Å². The van der Waals surface area contributed by atoms with E-state index in [4.69, 9.17) is 9.47 Å². The van der Waals surface area contributed by atoms with Gasteiger partial charge in [0.15, 0.2) is 17.6 Å². The molecule has 0 heterocycles. The Morgan fingerprint density at radius 2 is 1.95 bits per heavy atom. The number of carbonyl (C=O) groups excluding carboxylic acids is 1. The van der Waals surface area contributed by atoms with Gasteiger partial charge in [-0.2, -0.15) is 0 Å². The number of aliphatic hydroxyl groups is 1. The first-order chi connectivity index (χ1) is 9.88. The van der Waals surface area contributed by atoms with Crippen LogP contribution in [0.1, 0.15) is 45.8 Å². The van der Waals surface area contributed by atoms with E-state index >= 15 is 0 Å². The number of hydrogen-bond donors (Lipinski definition) is 2. The molecule has 5 heteroatoms. The number of benzene rings is 1. The third-order valence-electron chi connectivity index (χ3n) is 3.34. The van der Waals surface area contributed by atoms with E-state index in [-0.39, 0.29) is 11.9 Å². The van der Waals surface area contributed by atoms with Gasteiger partial charge in [0.1, 0.15) is 0 Å². The fourth-order valence-electron chi connectivity index (χ4n) is 1.75.